The standard InChI is InChI=1S/C6H6O2.C2H6O4S/c7-5-1-2-6(8)4-3-5;1-5-7(3,4)6-2/h1-4,7-8H;1-2H3. The van der Waals surface area contributed by atoms with Crippen molar-refractivity contribution in [2.75, 3.05) is 14.2 Å². The quantitative estimate of drug-likeness (QED) is 0.731. The highest BCUT2D eigenvalue weighted by Crippen LogP contribution is 2.13. The van der Waals surface area contributed by atoms with Gasteiger partial charge in [-0.2, -0.15) is 8.42 Å². The van der Waals surface area contributed by atoms with Crippen LogP contribution < -0.4 is 0 Å². The van der Waals surface area contributed by atoms with Crippen LogP contribution in [0.3, 0.4) is 0 Å². The molecule has 0 saturated carbocycles. The molecule has 0 heterocycles. The zero-order valence-corrected chi connectivity index (χ0v) is 9.06. The third kappa shape index (κ3) is 6.72. The maximum absolute atomic E-state index is 9.92. The second-order valence-corrected chi connectivity index (χ2v) is 3.74. The van der Waals surface area contributed by atoms with E-state index >= 15 is 0 Å². The molecule has 7 heteroatoms. The molecule has 0 aromatic heterocycles. The lowest BCUT2D eigenvalue weighted by Crippen LogP contribution is -2.02. The molecule has 2 N–H and O–H groups in total. The summed E-state index contributed by atoms with van der Waals surface area (Å²) >= 11 is 0. The first kappa shape index (κ1) is 13.7. The first-order chi connectivity index (χ1) is 6.91. The van der Waals surface area contributed by atoms with Crippen LogP contribution in [-0.4, -0.2) is 32.9 Å². The third-order valence-electron chi connectivity index (χ3n) is 1.26. The predicted molar refractivity (Wildman–Crippen MR) is 52.7 cm³/mol. The highest BCUT2D eigenvalue weighted by atomic mass is 32.3. The summed E-state index contributed by atoms with van der Waals surface area (Å²) in [6.45, 7) is 0. The number of hydrogen-bond donors (Lipinski definition) is 2. The van der Waals surface area contributed by atoms with Gasteiger partial charge in [-0.3, -0.25) is 8.37 Å². The summed E-state index contributed by atoms with van der Waals surface area (Å²) in [5, 5.41) is 17.3. The molecule has 0 aliphatic heterocycles. The molecule has 0 radical (unpaired) electrons. The van der Waals surface area contributed by atoms with E-state index in [2.05, 4.69) is 8.37 Å². The van der Waals surface area contributed by atoms with E-state index in [9.17, 15) is 8.42 Å². The summed E-state index contributed by atoms with van der Waals surface area (Å²) in [5.74, 6) is 0.339. The molecular weight excluding hydrogens is 224 g/mol. The van der Waals surface area contributed by atoms with Gasteiger partial charge in [-0.15, -0.1) is 0 Å². The highest BCUT2D eigenvalue weighted by Gasteiger charge is 2.01. The zero-order valence-electron chi connectivity index (χ0n) is 8.25. The summed E-state index contributed by atoms with van der Waals surface area (Å²) in [7, 11) is -1.60. The van der Waals surface area contributed by atoms with E-state index in [1.54, 1.807) is 0 Å². The Morgan fingerprint density at radius 1 is 0.933 bits per heavy atom. The van der Waals surface area contributed by atoms with Crippen LogP contribution in [0.15, 0.2) is 24.3 Å². The van der Waals surface area contributed by atoms with Crippen LogP contribution in [0.25, 0.3) is 0 Å². The van der Waals surface area contributed by atoms with Crippen molar-refractivity contribution in [3.05, 3.63) is 24.3 Å². The summed E-state index contributed by atoms with van der Waals surface area (Å²) in [6, 6.07) is 5.70. The average Bonchev–Trinajstić information content (AvgIpc) is 2.23. The lowest BCUT2D eigenvalue weighted by molar-refractivity contribution is 0.286. The second-order valence-electron chi connectivity index (χ2n) is 2.26. The lowest BCUT2D eigenvalue weighted by Gasteiger charge is -1.91. The molecule has 1 rings (SSSR count). The van der Waals surface area contributed by atoms with E-state index in [0.29, 0.717) is 0 Å². The molecular formula is C8H12O6S. The predicted octanol–water partition coefficient (Wildman–Crippen LogP) is 0.622. The van der Waals surface area contributed by atoms with Crippen molar-refractivity contribution >= 4 is 10.4 Å². The molecule has 0 atom stereocenters. The van der Waals surface area contributed by atoms with E-state index in [1.807, 2.05) is 0 Å². The zero-order chi connectivity index (χ0) is 11.9. The Morgan fingerprint density at radius 3 is 1.33 bits per heavy atom. The SMILES string of the molecule is COS(=O)(=O)OC.Oc1ccc(O)cc1. The average molecular weight is 236 g/mol. The van der Waals surface area contributed by atoms with Gasteiger partial charge in [0, 0.05) is 0 Å². The summed E-state index contributed by atoms with van der Waals surface area (Å²) in [4.78, 5) is 0. The van der Waals surface area contributed by atoms with Crippen molar-refractivity contribution in [2.24, 2.45) is 0 Å². The van der Waals surface area contributed by atoms with E-state index in [4.69, 9.17) is 10.2 Å². The number of benzene rings is 1. The van der Waals surface area contributed by atoms with Gasteiger partial charge in [0.25, 0.3) is 0 Å². The van der Waals surface area contributed by atoms with Crippen molar-refractivity contribution in [3.63, 3.8) is 0 Å². The topological polar surface area (TPSA) is 93.1 Å². The Bertz CT molecular complexity index is 338. The van der Waals surface area contributed by atoms with Crippen molar-refractivity contribution in [1.29, 1.82) is 0 Å². The number of hydrogen-bond acceptors (Lipinski definition) is 6. The minimum Gasteiger partial charge on any atom is -0.508 e. The largest absolute Gasteiger partial charge is 0.508 e. The van der Waals surface area contributed by atoms with Gasteiger partial charge in [-0.1, -0.05) is 0 Å². The third-order valence-corrected chi connectivity index (χ3v) is 2.07. The molecule has 0 fully saturated rings. The van der Waals surface area contributed by atoms with Crippen molar-refractivity contribution in [1.82, 2.24) is 0 Å². The van der Waals surface area contributed by atoms with Gasteiger partial charge in [0.15, 0.2) is 0 Å². The Kier molecular flexibility index (Phi) is 5.68. The van der Waals surface area contributed by atoms with Crippen LogP contribution in [0, 0.1) is 0 Å². The van der Waals surface area contributed by atoms with Crippen molar-refractivity contribution < 1.29 is 27.0 Å². The van der Waals surface area contributed by atoms with E-state index < -0.39 is 10.4 Å². The van der Waals surface area contributed by atoms with Crippen LogP contribution in [0.4, 0.5) is 0 Å². The number of aromatic hydroxyl groups is 2. The first-order valence-corrected chi connectivity index (χ1v) is 5.09. The Hall–Kier alpha value is -1.31. The molecule has 0 aliphatic rings. The summed E-state index contributed by atoms with van der Waals surface area (Å²) in [5.41, 5.74) is 0. The number of phenolic OH excluding ortho intramolecular Hbond substituents is 2. The molecule has 0 bridgehead atoms. The Balaban J connectivity index is 0.000000265. The van der Waals surface area contributed by atoms with E-state index in [0.717, 1.165) is 14.2 Å². The maximum atomic E-state index is 9.92. The molecule has 1 aromatic carbocycles. The molecule has 6 nitrogen and oxygen atoms in total. The fourth-order valence-corrected chi connectivity index (χ4v) is 0.657. The smallest absolute Gasteiger partial charge is 0.399 e. The van der Waals surface area contributed by atoms with Gasteiger partial charge in [-0.25, -0.2) is 0 Å². The normalized spacial score (nSPS) is 10.3. The fraction of sp³-hybridized carbons (Fsp3) is 0.250. The molecule has 0 saturated heterocycles. The lowest BCUT2D eigenvalue weighted by atomic mass is 10.3. The number of rotatable bonds is 2. The molecule has 86 valence electrons. The Labute approximate surface area is 88.0 Å². The first-order valence-electron chi connectivity index (χ1n) is 3.75. The van der Waals surface area contributed by atoms with Gasteiger partial charge < -0.3 is 10.2 Å². The van der Waals surface area contributed by atoms with Crippen LogP contribution in [0.2, 0.25) is 0 Å². The summed E-state index contributed by atoms with van der Waals surface area (Å²) in [6.07, 6.45) is 0. The highest BCUT2D eigenvalue weighted by molar-refractivity contribution is 7.81. The van der Waals surface area contributed by atoms with Crippen LogP contribution in [0.5, 0.6) is 11.5 Å². The molecule has 0 spiro atoms. The van der Waals surface area contributed by atoms with Crippen LogP contribution in [0.1, 0.15) is 0 Å². The molecule has 0 amide bonds. The van der Waals surface area contributed by atoms with E-state index in [1.165, 1.54) is 24.3 Å². The fourth-order valence-electron chi connectivity index (χ4n) is 0.521. The molecule has 15 heavy (non-hydrogen) atoms. The second kappa shape index (κ2) is 6.23. The van der Waals surface area contributed by atoms with Gasteiger partial charge in [0.2, 0.25) is 0 Å². The van der Waals surface area contributed by atoms with E-state index in [-0.39, 0.29) is 11.5 Å². The van der Waals surface area contributed by atoms with Gasteiger partial charge in [0.1, 0.15) is 11.5 Å². The van der Waals surface area contributed by atoms with Gasteiger partial charge >= 0.3 is 10.4 Å². The van der Waals surface area contributed by atoms with Crippen LogP contribution >= 0.6 is 0 Å². The Morgan fingerprint density at radius 2 is 1.20 bits per heavy atom. The monoisotopic (exact) mass is 236 g/mol. The van der Waals surface area contributed by atoms with Crippen molar-refractivity contribution in [3.8, 4) is 11.5 Å². The van der Waals surface area contributed by atoms with Gasteiger partial charge in [0.05, 0.1) is 14.2 Å². The molecule has 1 aromatic rings. The summed E-state index contributed by atoms with van der Waals surface area (Å²) < 4.78 is 27.5. The number of phenols is 2. The molecule has 0 unspecified atom stereocenters. The minimum absolute atomic E-state index is 0.169. The van der Waals surface area contributed by atoms with Crippen molar-refractivity contribution in [2.45, 2.75) is 0 Å². The maximum Gasteiger partial charge on any atom is 0.399 e. The molecule has 0 aliphatic carbocycles. The van der Waals surface area contributed by atoms with Gasteiger partial charge in [-0.05, 0) is 24.3 Å². The minimum atomic E-state index is -3.66. The van der Waals surface area contributed by atoms with Crippen LogP contribution in [-0.2, 0) is 18.8 Å².